The van der Waals surface area contributed by atoms with E-state index in [4.69, 9.17) is 10.5 Å². The Balaban J connectivity index is 1.89. The third-order valence-electron chi connectivity index (χ3n) is 3.77. The van der Waals surface area contributed by atoms with E-state index in [2.05, 4.69) is 0 Å². The Morgan fingerprint density at radius 2 is 1.88 bits per heavy atom. The van der Waals surface area contributed by atoms with Crippen molar-refractivity contribution in [3.8, 4) is 0 Å². The SMILES string of the molecule is N=C1C(c2ccccc2)=C(O)CN1c1cccc(/C=C/C(=O)O)c1. The summed E-state index contributed by atoms with van der Waals surface area (Å²) in [6.07, 6.45) is 2.57. The molecule has 1 heterocycles. The number of carboxylic acid groups (broad SMARTS) is 1. The summed E-state index contributed by atoms with van der Waals surface area (Å²) >= 11 is 0. The number of anilines is 1. The molecule has 0 atom stereocenters. The molecule has 1 aliphatic heterocycles. The fraction of sp³-hybridized carbons (Fsp3) is 0.0526. The Morgan fingerprint density at radius 1 is 1.12 bits per heavy atom. The standard InChI is InChI=1S/C19H16N2O3/c20-19-18(14-6-2-1-3-7-14)16(22)12-21(19)15-8-4-5-13(11-15)9-10-17(23)24/h1-11,20,22H,12H2,(H,23,24)/b10-9+,20-19?. The summed E-state index contributed by atoms with van der Waals surface area (Å²) in [6.45, 7) is 0.217. The summed E-state index contributed by atoms with van der Waals surface area (Å²) in [7, 11) is 0. The Hall–Kier alpha value is -3.34. The molecule has 2 aromatic carbocycles. The number of aliphatic hydroxyl groups excluding tert-OH is 1. The normalized spacial score (nSPS) is 14.7. The number of aliphatic hydroxyl groups is 1. The summed E-state index contributed by atoms with van der Waals surface area (Å²) in [4.78, 5) is 12.3. The van der Waals surface area contributed by atoms with E-state index in [1.165, 1.54) is 6.08 Å². The highest BCUT2D eigenvalue weighted by Gasteiger charge is 2.29. The van der Waals surface area contributed by atoms with E-state index in [1.807, 2.05) is 36.4 Å². The number of carboxylic acids is 1. The lowest BCUT2D eigenvalue weighted by Gasteiger charge is -2.19. The molecule has 2 aromatic rings. The third kappa shape index (κ3) is 3.05. The molecule has 0 aliphatic carbocycles. The zero-order valence-corrected chi connectivity index (χ0v) is 12.8. The largest absolute Gasteiger partial charge is 0.510 e. The van der Waals surface area contributed by atoms with Gasteiger partial charge in [-0.3, -0.25) is 5.41 Å². The smallest absolute Gasteiger partial charge is 0.328 e. The van der Waals surface area contributed by atoms with Crippen molar-refractivity contribution in [2.24, 2.45) is 0 Å². The van der Waals surface area contributed by atoms with Gasteiger partial charge in [-0.15, -0.1) is 0 Å². The molecule has 0 fully saturated rings. The van der Waals surface area contributed by atoms with Gasteiger partial charge < -0.3 is 15.1 Å². The van der Waals surface area contributed by atoms with Crippen LogP contribution < -0.4 is 4.90 Å². The van der Waals surface area contributed by atoms with E-state index >= 15 is 0 Å². The van der Waals surface area contributed by atoms with Gasteiger partial charge in [-0.2, -0.15) is 0 Å². The van der Waals surface area contributed by atoms with Gasteiger partial charge in [0.2, 0.25) is 0 Å². The Morgan fingerprint density at radius 3 is 2.58 bits per heavy atom. The van der Waals surface area contributed by atoms with Gasteiger partial charge in [0.1, 0.15) is 11.6 Å². The highest BCUT2D eigenvalue weighted by atomic mass is 16.4. The number of hydrogen-bond donors (Lipinski definition) is 3. The molecule has 0 unspecified atom stereocenters. The van der Waals surface area contributed by atoms with E-state index in [0.717, 1.165) is 22.9 Å². The highest BCUT2D eigenvalue weighted by Crippen LogP contribution is 2.31. The molecule has 0 amide bonds. The number of rotatable bonds is 4. The Labute approximate surface area is 139 Å². The van der Waals surface area contributed by atoms with E-state index in [0.29, 0.717) is 5.57 Å². The van der Waals surface area contributed by atoms with Crippen molar-refractivity contribution in [2.75, 3.05) is 11.4 Å². The van der Waals surface area contributed by atoms with Crippen LogP contribution in [0.5, 0.6) is 0 Å². The number of carbonyl (C=O) groups is 1. The van der Waals surface area contributed by atoms with Gasteiger partial charge in [-0.25, -0.2) is 4.79 Å². The second-order valence-electron chi connectivity index (χ2n) is 5.39. The molecule has 3 N–H and O–H groups in total. The quantitative estimate of drug-likeness (QED) is 0.752. The number of amidine groups is 1. The van der Waals surface area contributed by atoms with Crippen LogP contribution in [0.4, 0.5) is 5.69 Å². The Kier molecular flexibility index (Phi) is 4.16. The molecule has 1 aliphatic rings. The van der Waals surface area contributed by atoms with E-state index < -0.39 is 5.97 Å². The maximum Gasteiger partial charge on any atom is 0.328 e. The number of benzene rings is 2. The number of nitrogens with one attached hydrogen (secondary N) is 1. The van der Waals surface area contributed by atoms with Crippen molar-refractivity contribution in [2.45, 2.75) is 0 Å². The van der Waals surface area contributed by atoms with Crippen molar-refractivity contribution in [1.82, 2.24) is 0 Å². The molecule has 0 bridgehead atoms. The average Bonchev–Trinajstić information content (AvgIpc) is 2.88. The fourth-order valence-corrected chi connectivity index (χ4v) is 2.67. The van der Waals surface area contributed by atoms with Crippen LogP contribution in [0.3, 0.4) is 0 Å². The molecule has 0 spiro atoms. The molecule has 3 rings (SSSR count). The van der Waals surface area contributed by atoms with Crippen LogP contribution in [-0.2, 0) is 4.79 Å². The maximum absolute atomic E-state index is 10.6. The van der Waals surface area contributed by atoms with Gasteiger partial charge in [0.05, 0.1) is 12.1 Å². The zero-order valence-electron chi connectivity index (χ0n) is 12.8. The second-order valence-corrected chi connectivity index (χ2v) is 5.39. The summed E-state index contributed by atoms with van der Waals surface area (Å²) in [5, 5.41) is 27.4. The average molecular weight is 320 g/mol. The maximum atomic E-state index is 10.6. The molecule has 0 saturated carbocycles. The lowest BCUT2D eigenvalue weighted by atomic mass is 10.1. The van der Waals surface area contributed by atoms with E-state index in [-0.39, 0.29) is 18.1 Å². The van der Waals surface area contributed by atoms with Gasteiger partial charge in [-0.05, 0) is 29.3 Å². The van der Waals surface area contributed by atoms with E-state index in [1.54, 1.807) is 23.1 Å². The molecule has 0 saturated heterocycles. The van der Waals surface area contributed by atoms with Crippen molar-refractivity contribution in [3.63, 3.8) is 0 Å². The van der Waals surface area contributed by atoms with Crippen LogP contribution in [0.25, 0.3) is 11.6 Å². The van der Waals surface area contributed by atoms with Gasteiger partial charge in [0.15, 0.2) is 0 Å². The van der Waals surface area contributed by atoms with Gasteiger partial charge in [-0.1, -0.05) is 42.5 Å². The van der Waals surface area contributed by atoms with Gasteiger partial charge in [0.25, 0.3) is 0 Å². The monoisotopic (exact) mass is 320 g/mol. The fourth-order valence-electron chi connectivity index (χ4n) is 2.67. The van der Waals surface area contributed by atoms with Crippen molar-refractivity contribution >= 4 is 29.1 Å². The molecular weight excluding hydrogens is 304 g/mol. The molecule has 120 valence electrons. The van der Waals surface area contributed by atoms with Crippen LogP contribution in [0, 0.1) is 5.41 Å². The minimum absolute atomic E-state index is 0.151. The molecule has 0 radical (unpaired) electrons. The minimum atomic E-state index is -1.01. The number of hydrogen-bond acceptors (Lipinski definition) is 3. The summed E-state index contributed by atoms with van der Waals surface area (Å²) in [5.41, 5.74) is 2.76. The lowest BCUT2D eigenvalue weighted by molar-refractivity contribution is -0.131. The first-order valence-corrected chi connectivity index (χ1v) is 7.41. The van der Waals surface area contributed by atoms with Crippen LogP contribution in [0.1, 0.15) is 11.1 Å². The predicted molar refractivity (Wildman–Crippen MR) is 94.2 cm³/mol. The molecular formula is C19H16N2O3. The molecule has 0 aromatic heterocycles. The van der Waals surface area contributed by atoms with Crippen LogP contribution >= 0.6 is 0 Å². The topological polar surface area (TPSA) is 84.6 Å². The van der Waals surface area contributed by atoms with Crippen LogP contribution in [-0.4, -0.2) is 28.6 Å². The molecule has 5 heteroatoms. The highest BCUT2D eigenvalue weighted by molar-refractivity contribution is 6.30. The Bertz CT molecular complexity index is 854. The first kappa shape index (κ1) is 15.6. The van der Waals surface area contributed by atoms with Crippen LogP contribution in [0.2, 0.25) is 0 Å². The lowest BCUT2D eigenvalue weighted by Crippen LogP contribution is -2.26. The first-order chi connectivity index (χ1) is 11.6. The summed E-state index contributed by atoms with van der Waals surface area (Å²) in [5.74, 6) is -0.643. The van der Waals surface area contributed by atoms with Gasteiger partial charge >= 0.3 is 5.97 Å². The van der Waals surface area contributed by atoms with Crippen LogP contribution in [0.15, 0.2) is 66.4 Å². The third-order valence-corrected chi connectivity index (χ3v) is 3.77. The van der Waals surface area contributed by atoms with Gasteiger partial charge in [0, 0.05) is 11.8 Å². The molecule has 5 nitrogen and oxygen atoms in total. The summed E-state index contributed by atoms with van der Waals surface area (Å²) < 4.78 is 0. The zero-order chi connectivity index (χ0) is 17.1. The number of aliphatic carboxylic acids is 1. The van der Waals surface area contributed by atoms with Crippen molar-refractivity contribution in [3.05, 3.63) is 77.6 Å². The first-order valence-electron chi connectivity index (χ1n) is 7.41. The van der Waals surface area contributed by atoms with Crippen molar-refractivity contribution < 1.29 is 15.0 Å². The van der Waals surface area contributed by atoms with E-state index in [9.17, 15) is 9.90 Å². The minimum Gasteiger partial charge on any atom is -0.510 e. The second kappa shape index (κ2) is 6.42. The number of nitrogens with zero attached hydrogens (tertiary/aromatic N) is 1. The summed E-state index contributed by atoms with van der Waals surface area (Å²) in [6, 6.07) is 16.5. The predicted octanol–water partition coefficient (Wildman–Crippen LogP) is 3.55. The molecule has 24 heavy (non-hydrogen) atoms. The van der Waals surface area contributed by atoms with Crippen molar-refractivity contribution in [1.29, 1.82) is 5.41 Å².